The van der Waals surface area contributed by atoms with Gasteiger partial charge < -0.3 is 4.57 Å². The zero-order valence-corrected chi connectivity index (χ0v) is 28.6. The first-order valence-corrected chi connectivity index (χ1v) is 19.0. The molecule has 0 N–H and O–H groups in total. The summed E-state index contributed by atoms with van der Waals surface area (Å²) < 4.78 is 15.1. The smallest absolute Gasteiger partial charge is 0.171 e. The van der Waals surface area contributed by atoms with E-state index < -0.39 is 12.6 Å². The minimum Gasteiger partial charge on any atom is -0.309 e. The molecule has 0 unspecified atom stereocenters. The van der Waals surface area contributed by atoms with Gasteiger partial charge in [0, 0.05) is 15.9 Å². The SMILES string of the molecule is Cc1cc(-c2ccc(P(=O)(c3ccccc3)c3ccccc3)cc2)c2cccc3c2c1-c1ccccc1C31c2ccccc2-c2ccccc21. The van der Waals surface area contributed by atoms with Crippen LogP contribution in [0.5, 0.6) is 0 Å². The highest BCUT2D eigenvalue weighted by molar-refractivity contribution is 7.85. The maximum absolute atomic E-state index is 15.1. The summed E-state index contributed by atoms with van der Waals surface area (Å²) in [5.74, 6) is 0. The Morgan fingerprint density at radius 2 is 0.880 bits per heavy atom. The van der Waals surface area contributed by atoms with Gasteiger partial charge >= 0.3 is 0 Å². The molecular weight excluding hydrogens is 624 g/mol. The molecule has 50 heavy (non-hydrogen) atoms. The van der Waals surface area contributed by atoms with Gasteiger partial charge in [0.15, 0.2) is 7.14 Å². The summed E-state index contributed by atoms with van der Waals surface area (Å²) in [4.78, 5) is 0. The van der Waals surface area contributed by atoms with Crippen LogP contribution >= 0.6 is 7.14 Å². The summed E-state index contributed by atoms with van der Waals surface area (Å²) in [5.41, 5.74) is 13.7. The fraction of sp³-hybridized carbons (Fsp3) is 0.0417. The first kappa shape index (κ1) is 29.2. The van der Waals surface area contributed by atoms with Crippen molar-refractivity contribution in [1.82, 2.24) is 0 Å². The highest BCUT2D eigenvalue weighted by atomic mass is 31.2. The fourth-order valence-corrected chi connectivity index (χ4v) is 11.7. The molecule has 0 saturated heterocycles. The van der Waals surface area contributed by atoms with Gasteiger partial charge in [-0.25, -0.2) is 0 Å². The minimum absolute atomic E-state index is 0.427. The third kappa shape index (κ3) is 3.82. The minimum atomic E-state index is -3.07. The zero-order chi connectivity index (χ0) is 33.5. The molecule has 0 bridgehead atoms. The topological polar surface area (TPSA) is 17.1 Å². The molecule has 2 heteroatoms. The normalized spacial score (nSPS) is 13.5. The van der Waals surface area contributed by atoms with Crippen LogP contribution in [0.25, 0.3) is 44.2 Å². The Kier molecular flexibility index (Phi) is 6.35. The second-order valence-corrected chi connectivity index (χ2v) is 16.3. The molecular formula is C48H33OP. The van der Waals surface area contributed by atoms with Crippen molar-refractivity contribution in [2.24, 2.45) is 0 Å². The molecule has 8 aromatic rings. The van der Waals surface area contributed by atoms with E-state index in [1.807, 2.05) is 60.7 Å². The Hall–Kier alpha value is -5.75. The van der Waals surface area contributed by atoms with E-state index in [9.17, 15) is 0 Å². The van der Waals surface area contributed by atoms with E-state index in [0.717, 1.165) is 21.5 Å². The highest BCUT2D eigenvalue weighted by Crippen LogP contribution is 2.62. The summed E-state index contributed by atoms with van der Waals surface area (Å²) in [5, 5.41) is 5.08. The second-order valence-electron chi connectivity index (χ2n) is 13.6. The molecule has 236 valence electrons. The van der Waals surface area contributed by atoms with E-state index in [1.54, 1.807) is 0 Å². The third-order valence-corrected chi connectivity index (χ3v) is 14.2. The molecule has 0 atom stereocenters. The van der Waals surface area contributed by atoms with Crippen LogP contribution in [-0.4, -0.2) is 0 Å². The summed E-state index contributed by atoms with van der Waals surface area (Å²) >= 11 is 0. The van der Waals surface area contributed by atoms with Crippen LogP contribution in [0.1, 0.15) is 27.8 Å². The van der Waals surface area contributed by atoms with Gasteiger partial charge in [-0.3, -0.25) is 0 Å². The molecule has 2 aliphatic rings. The average molecular weight is 657 g/mol. The van der Waals surface area contributed by atoms with Gasteiger partial charge in [0.1, 0.15) is 0 Å². The van der Waals surface area contributed by atoms with E-state index in [4.69, 9.17) is 0 Å². The van der Waals surface area contributed by atoms with Crippen LogP contribution in [0, 0.1) is 6.92 Å². The number of fused-ring (bicyclic) bond motifs is 9. The van der Waals surface area contributed by atoms with Crippen LogP contribution < -0.4 is 15.9 Å². The number of benzene rings is 8. The predicted octanol–water partition coefficient (Wildman–Crippen LogP) is 10.8. The van der Waals surface area contributed by atoms with Gasteiger partial charge in [-0.1, -0.05) is 182 Å². The summed E-state index contributed by atoms with van der Waals surface area (Å²) in [6.45, 7) is 2.26. The number of hydrogen-bond donors (Lipinski definition) is 0. The maximum atomic E-state index is 15.1. The van der Waals surface area contributed by atoms with Crippen molar-refractivity contribution < 1.29 is 4.57 Å². The van der Waals surface area contributed by atoms with Crippen LogP contribution in [0.15, 0.2) is 182 Å². The number of hydrogen-bond acceptors (Lipinski definition) is 1. The monoisotopic (exact) mass is 656 g/mol. The van der Waals surface area contributed by atoms with Gasteiger partial charge in [-0.05, 0) is 78.9 Å². The lowest BCUT2D eigenvalue weighted by Gasteiger charge is -2.40. The van der Waals surface area contributed by atoms with Crippen molar-refractivity contribution in [3.8, 4) is 33.4 Å². The van der Waals surface area contributed by atoms with Gasteiger partial charge in [-0.15, -0.1) is 0 Å². The van der Waals surface area contributed by atoms with Crippen LogP contribution in [-0.2, 0) is 9.98 Å². The summed E-state index contributed by atoms with van der Waals surface area (Å²) in [6, 6.07) is 64.6. The number of rotatable bonds is 4. The van der Waals surface area contributed by atoms with Crippen molar-refractivity contribution in [2.45, 2.75) is 12.3 Å². The fourth-order valence-electron chi connectivity index (χ4n) is 9.07. The lowest BCUT2D eigenvalue weighted by Crippen LogP contribution is -2.32. The zero-order valence-electron chi connectivity index (χ0n) is 27.7. The van der Waals surface area contributed by atoms with Gasteiger partial charge in [0.25, 0.3) is 0 Å². The second kappa shape index (κ2) is 10.9. The van der Waals surface area contributed by atoms with Crippen molar-refractivity contribution in [3.63, 3.8) is 0 Å². The largest absolute Gasteiger partial charge is 0.309 e. The third-order valence-electron chi connectivity index (χ3n) is 11.1. The first-order valence-electron chi connectivity index (χ1n) is 17.3. The molecule has 0 fully saturated rings. The van der Waals surface area contributed by atoms with E-state index >= 15 is 4.57 Å². The van der Waals surface area contributed by atoms with Crippen molar-refractivity contribution >= 4 is 33.8 Å². The van der Waals surface area contributed by atoms with Crippen LogP contribution in [0.4, 0.5) is 0 Å². The Morgan fingerprint density at radius 3 is 1.46 bits per heavy atom. The van der Waals surface area contributed by atoms with Gasteiger partial charge in [0.05, 0.1) is 5.41 Å². The lowest BCUT2D eigenvalue weighted by atomic mass is 9.61. The molecule has 1 spiro atoms. The van der Waals surface area contributed by atoms with E-state index in [2.05, 4.69) is 128 Å². The maximum Gasteiger partial charge on any atom is 0.171 e. The molecule has 0 heterocycles. The quantitative estimate of drug-likeness (QED) is 0.172. The van der Waals surface area contributed by atoms with Crippen LogP contribution in [0.2, 0.25) is 0 Å². The first-order chi connectivity index (χ1) is 24.6. The summed E-state index contributed by atoms with van der Waals surface area (Å²) in [6.07, 6.45) is 0. The van der Waals surface area contributed by atoms with Gasteiger partial charge in [0.2, 0.25) is 0 Å². The van der Waals surface area contributed by atoms with Crippen molar-refractivity contribution in [1.29, 1.82) is 0 Å². The average Bonchev–Trinajstić information content (AvgIpc) is 3.48. The van der Waals surface area contributed by atoms with E-state index in [1.165, 1.54) is 66.4 Å². The van der Waals surface area contributed by atoms with Crippen molar-refractivity contribution in [2.75, 3.05) is 0 Å². The standard InChI is InChI=1S/C48H33OP/c1-32-31-41(33-27-29-36(30-28-33)50(49,34-15-4-2-5-16-34)35-17-6-3-7-18-35)39-22-14-26-45-47(39)46(32)40-21-10-13-25-44(40)48(45)42-23-11-8-19-37(42)38-20-9-12-24-43(38)48/h2-31H,1H3. The van der Waals surface area contributed by atoms with Crippen LogP contribution in [0.3, 0.4) is 0 Å². The highest BCUT2D eigenvalue weighted by Gasteiger charge is 2.50. The van der Waals surface area contributed by atoms with E-state index in [0.29, 0.717) is 0 Å². The molecule has 0 saturated carbocycles. The molecule has 0 amide bonds. The lowest BCUT2D eigenvalue weighted by molar-refractivity contribution is 0.592. The summed E-state index contributed by atoms with van der Waals surface area (Å²) in [7, 11) is -3.07. The number of aryl methyl sites for hydroxylation is 1. The molecule has 0 radical (unpaired) electrons. The molecule has 10 rings (SSSR count). The molecule has 0 aliphatic heterocycles. The Labute approximate surface area is 292 Å². The van der Waals surface area contributed by atoms with Crippen molar-refractivity contribution in [3.05, 3.63) is 210 Å². The predicted molar refractivity (Wildman–Crippen MR) is 210 cm³/mol. The van der Waals surface area contributed by atoms with Gasteiger partial charge in [-0.2, -0.15) is 0 Å². The van der Waals surface area contributed by atoms with E-state index in [-0.39, 0.29) is 0 Å². The Bertz CT molecular complexity index is 2580. The molecule has 0 aromatic heterocycles. The Morgan fingerprint density at radius 1 is 0.420 bits per heavy atom. The Balaban J connectivity index is 1.23. The molecule has 1 nitrogen and oxygen atoms in total. The molecule has 2 aliphatic carbocycles. The molecule has 8 aromatic carbocycles.